The summed E-state index contributed by atoms with van der Waals surface area (Å²) in [6.07, 6.45) is 1.62. The Hall–Kier alpha value is -2.91. The minimum atomic E-state index is -0.461. The van der Waals surface area contributed by atoms with E-state index in [1.807, 2.05) is 43.3 Å². The van der Waals surface area contributed by atoms with Crippen LogP contribution in [0.25, 0.3) is 17.2 Å². The Bertz CT molecular complexity index is 957. The number of nitriles is 1. The van der Waals surface area contributed by atoms with Crippen molar-refractivity contribution in [2.45, 2.75) is 11.9 Å². The number of pyridine rings is 1. The summed E-state index contributed by atoms with van der Waals surface area (Å²) in [5.74, 6) is 0.350. The first kappa shape index (κ1) is 15.0. The molecular weight excluding hydrogens is 308 g/mol. The predicted octanol–water partition coefficient (Wildman–Crippen LogP) is 2.76. The molecule has 1 aromatic carbocycles. The molecule has 0 fully saturated rings. The maximum Gasteiger partial charge on any atom is 0.277 e. The van der Waals surface area contributed by atoms with Crippen molar-refractivity contribution in [2.75, 3.05) is 0 Å². The molecule has 112 valence electrons. The van der Waals surface area contributed by atoms with Crippen LogP contribution in [0.15, 0.2) is 58.5 Å². The second-order valence-corrected chi connectivity index (χ2v) is 5.36. The van der Waals surface area contributed by atoms with Crippen LogP contribution >= 0.6 is 12.6 Å². The maximum atomic E-state index is 12.7. The highest BCUT2D eigenvalue weighted by Crippen LogP contribution is 2.20. The lowest BCUT2D eigenvalue weighted by molar-refractivity contribution is 0.886. The number of aromatic nitrogens is 3. The molecule has 0 saturated carbocycles. The number of benzene rings is 1. The first-order valence-electron chi connectivity index (χ1n) is 6.86. The Morgan fingerprint density at radius 1 is 1.17 bits per heavy atom. The van der Waals surface area contributed by atoms with Gasteiger partial charge < -0.3 is 0 Å². The van der Waals surface area contributed by atoms with E-state index in [9.17, 15) is 10.1 Å². The van der Waals surface area contributed by atoms with E-state index in [4.69, 9.17) is 0 Å². The number of hydrogen-bond acceptors (Lipinski definition) is 5. The summed E-state index contributed by atoms with van der Waals surface area (Å²) in [6, 6.07) is 14.6. The highest BCUT2D eigenvalue weighted by atomic mass is 32.1. The molecule has 0 aliphatic rings. The molecule has 0 spiro atoms. The summed E-state index contributed by atoms with van der Waals surface area (Å²) in [6.45, 7) is 1.96. The zero-order valence-corrected chi connectivity index (χ0v) is 13.2. The quantitative estimate of drug-likeness (QED) is 0.582. The molecule has 0 amide bonds. The maximum absolute atomic E-state index is 12.7. The second kappa shape index (κ2) is 6.07. The molecule has 2 aromatic heterocycles. The molecule has 0 unspecified atom stereocenters. The standard InChI is InChI=1S/C17H12N4OS/c1-11-5-7-12(8-6-11)21-15(14-4-2-3-9-19-14)20-16(23)13(10-18)17(21)22/h2-9,23H,1H3. The summed E-state index contributed by atoms with van der Waals surface area (Å²) >= 11 is 4.17. The molecule has 0 bridgehead atoms. The van der Waals surface area contributed by atoms with Crippen molar-refractivity contribution in [3.05, 3.63) is 70.1 Å². The third-order valence-corrected chi connectivity index (χ3v) is 3.69. The number of aryl methyl sites for hydroxylation is 1. The Morgan fingerprint density at radius 3 is 2.52 bits per heavy atom. The van der Waals surface area contributed by atoms with Crippen LogP contribution in [0.5, 0.6) is 0 Å². The third-order valence-electron chi connectivity index (χ3n) is 3.36. The summed E-state index contributed by atoms with van der Waals surface area (Å²) in [7, 11) is 0. The van der Waals surface area contributed by atoms with Gasteiger partial charge in [-0.15, -0.1) is 12.6 Å². The first-order valence-corrected chi connectivity index (χ1v) is 7.31. The van der Waals surface area contributed by atoms with E-state index in [-0.39, 0.29) is 10.6 Å². The van der Waals surface area contributed by atoms with Gasteiger partial charge in [-0.05, 0) is 31.2 Å². The lowest BCUT2D eigenvalue weighted by Crippen LogP contribution is -2.25. The van der Waals surface area contributed by atoms with Crippen LogP contribution < -0.4 is 5.56 Å². The Kier molecular flexibility index (Phi) is 3.96. The van der Waals surface area contributed by atoms with Gasteiger partial charge in [-0.2, -0.15) is 5.26 Å². The first-order chi connectivity index (χ1) is 11.1. The summed E-state index contributed by atoms with van der Waals surface area (Å²) in [4.78, 5) is 21.3. The molecule has 2 heterocycles. The average molecular weight is 320 g/mol. The van der Waals surface area contributed by atoms with Gasteiger partial charge in [0.25, 0.3) is 5.56 Å². The number of thiol groups is 1. The predicted molar refractivity (Wildman–Crippen MR) is 89.8 cm³/mol. The minimum absolute atomic E-state index is 0.0893. The van der Waals surface area contributed by atoms with Crippen molar-refractivity contribution in [3.63, 3.8) is 0 Å². The lowest BCUT2D eigenvalue weighted by Gasteiger charge is -2.13. The van der Waals surface area contributed by atoms with Gasteiger partial charge >= 0.3 is 0 Å². The Balaban J connectivity index is 2.38. The van der Waals surface area contributed by atoms with Gasteiger partial charge in [0.1, 0.15) is 22.4 Å². The van der Waals surface area contributed by atoms with Crippen LogP contribution in [0.3, 0.4) is 0 Å². The van der Waals surface area contributed by atoms with Crippen LogP contribution in [0.2, 0.25) is 0 Å². The van der Waals surface area contributed by atoms with Crippen LogP contribution in [0.1, 0.15) is 11.1 Å². The van der Waals surface area contributed by atoms with Gasteiger partial charge in [0.15, 0.2) is 5.82 Å². The fourth-order valence-corrected chi connectivity index (χ4v) is 2.45. The normalized spacial score (nSPS) is 10.3. The van der Waals surface area contributed by atoms with Crippen LogP contribution in [-0.4, -0.2) is 14.5 Å². The molecule has 0 atom stereocenters. The molecule has 3 rings (SSSR count). The van der Waals surface area contributed by atoms with Gasteiger partial charge in [-0.3, -0.25) is 14.3 Å². The largest absolute Gasteiger partial charge is 0.277 e. The van der Waals surface area contributed by atoms with Crippen LogP contribution in [0.4, 0.5) is 0 Å². The smallest absolute Gasteiger partial charge is 0.267 e. The molecule has 23 heavy (non-hydrogen) atoms. The molecule has 3 aromatic rings. The number of rotatable bonds is 2. The van der Waals surface area contributed by atoms with Gasteiger partial charge in [0, 0.05) is 6.20 Å². The second-order valence-electron chi connectivity index (χ2n) is 4.94. The van der Waals surface area contributed by atoms with Crippen molar-refractivity contribution in [1.82, 2.24) is 14.5 Å². The highest BCUT2D eigenvalue weighted by Gasteiger charge is 2.17. The van der Waals surface area contributed by atoms with E-state index in [0.29, 0.717) is 17.2 Å². The molecule has 6 heteroatoms. The molecule has 0 saturated heterocycles. The van der Waals surface area contributed by atoms with Crippen molar-refractivity contribution in [1.29, 1.82) is 5.26 Å². The van der Waals surface area contributed by atoms with E-state index in [1.54, 1.807) is 18.3 Å². The monoisotopic (exact) mass is 320 g/mol. The molecule has 5 nitrogen and oxygen atoms in total. The van der Waals surface area contributed by atoms with Crippen molar-refractivity contribution in [3.8, 4) is 23.3 Å². The van der Waals surface area contributed by atoms with Gasteiger partial charge in [0.05, 0.1) is 5.69 Å². The third kappa shape index (κ3) is 2.74. The lowest BCUT2D eigenvalue weighted by atomic mass is 10.2. The zero-order chi connectivity index (χ0) is 16.4. The van der Waals surface area contributed by atoms with Crippen molar-refractivity contribution < 1.29 is 0 Å². The topological polar surface area (TPSA) is 71.6 Å². The Morgan fingerprint density at radius 2 is 1.91 bits per heavy atom. The molecular formula is C17H12N4OS. The summed E-state index contributed by atoms with van der Waals surface area (Å²) in [5.41, 5.74) is 1.68. The van der Waals surface area contributed by atoms with E-state index in [2.05, 4.69) is 22.6 Å². The van der Waals surface area contributed by atoms with Gasteiger partial charge in [0.2, 0.25) is 0 Å². The van der Waals surface area contributed by atoms with Gasteiger partial charge in [-0.25, -0.2) is 4.98 Å². The van der Waals surface area contributed by atoms with Crippen molar-refractivity contribution in [2.24, 2.45) is 0 Å². The van der Waals surface area contributed by atoms with Crippen molar-refractivity contribution >= 4 is 12.6 Å². The molecule has 0 radical (unpaired) electrons. The number of nitrogens with zero attached hydrogens (tertiary/aromatic N) is 4. The number of hydrogen-bond donors (Lipinski definition) is 1. The van der Waals surface area contributed by atoms with E-state index in [1.165, 1.54) is 4.57 Å². The fourth-order valence-electron chi connectivity index (χ4n) is 2.21. The average Bonchev–Trinajstić information content (AvgIpc) is 2.57. The van der Waals surface area contributed by atoms with Crippen LogP contribution in [0, 0.1) is 18.3 Å². The SMILES string of the molecule is Cc1ccc(-n2c(-c3ccccn3)nc(S)c(C#N)c2=O)cc1. The Labute approximate surface area is 138 Å². The zero-order valence-electron chi connectivity index (χ0n) is 12.3. The van der Waals surface area contributed by atoms with E-state index in [0.717, 1.165) is 5.56 Å². The summed E-state index contributed by atoms with van der Waals surface area (Å²) in [5, 5.41) is 9.31. The minimum Gasteiger partial charge on any atom is -0.267 e. The van der Waals surface area contributed by atoms with Crippen LogP contribution in [-0.2, 0) is 0 Å². The van der Waals surface area contributed by atoms with E-state index >= 15 is 0 Å². The van der Waals surface area contributed by atoms with Gasteiger partial charge in [-0.1, -0.05) is 23.8 Å². The van der Waals surface area contributed by atoms with E-state index < -0.39 is 5.56 Å². The summed E-state index contributed by atoms with van der Waals surface area (Å²) < 4.78 is 1.39. The molecule has 0 aliphatic carbocycles. The molecule has 0 N–H and O–H groups in total. The molecule has 0 aliphatic heterocycles. The fraction of sp³-hybridized carbons (Fsp3) is 0.0588. The highest BCUT2D eigenvalue weighted by molar-refractivity contribution is 7.80.